The molecule has 0 saturated carbocycles. The van der Waals surface area contributed by atoms with Crippen molar-refractivity contribution in [1.29, 1.82) is 0 Å². The van der Waals surface area contributed by atoms with Crippen LogP contribution in [0.25, 0.3) is 10.8 Å². The summed E-state index contributed by atoms with van der Waals surface area (Å²) in [6.07, 6.45) is 0. The van der Waals surface area contributed by atoms with E-state index in [0.717, 1.165) is 16.5 Å². The molecule has 204 valence electrons. The van der Waals surface area contributed by atoms with E-state index in [4.69, 9.17) is 28.6 Å². The predicted molar refractivity (Wildman–Crippen MR) is 160 cm³/mol. The van der Waals surface area contributed by atoms with Crippen molar-refractivity contribution in [3.8, 4) is 5.75 Å². The molecule has 0 unspecified atom stereocenters. The third kappa shape index (κ3) is 5.85. The number of halogens is 2. The van der Waals surface area contributed by atoms with Crippen LogP contribution in [-0.2, 0) is 0 Å². The van der Waals surface area contributed by atoms with Crippen LogP contribution in [0.3, 0.4) is 0 Å². The molecule has 2 amide bonds. The lowest BCUT2D eigenvalue weighted by atomic mass is 10.1. The molecule has 7 nitrogen and oxygen atoms in total. The van der Waals surface area contributed by atoms with Gasteiger partial charge in [-0.1, -0.05) is 48.0 Å². The number of nitrogens with one attached hydrogen (secondary N) is 2. The molecule has 1 fully saturated rings. The molecular formula is C30H26ClFN4O3S. The summed E-state index contributed by atoms with van der Waals surface area (Å²) in [6, 6.07) is 22.6. The Labute approximate surface area is 241 Å². The lowest BCUT2D eigenvalue weighted by molar-refractivity contribution is 0.0742. The maximum atomic E-state index is 14.1. The van der Waals surface area contributed by atoms with Gasteiger partial charge in [0.25, 0.3) is 11.8 Å². The minimum atomic E-state index is -0.531. The number of piperazine rings is 1. The van der Waals surface area contributed by atoms with Crippen LogP contribution in [0, 0.1) is 5.82 Å². The number of benzene rings is 4. The fourth-order valence-corrected chi connectivity index (χ4v) is 5.10. The molecule has 0 bridgehead atoms. The summed E-state index contributed by atoms with van der Waals surface area (Å²) < 4.78 is 19.6. The lowest BCUT2D eigenvalue weighted by Crippen LogP contribution is -2.49. The number of carbonyl (C=O) groups is 2. The van der Waals surface area contributed by atoms with Gasteiger partial charge in [-0.25, -0.2) is 4.39 Å². The number of hydrogen-bond donors (Lipinski definition) is 2. The number of hydrogen-bond acceptors (Lipinski definition) is 5. The van der Waals surface area contributed by atoms with E-state index in [2.05, 4.69) is 15.5 Å². The van der Waals surface area contributed by atoms with Gasteiger partial charge < -0.3 is 19.9 Å². The molecule has 4 aromatic carbocycles. The van der Waals surface area contributed by atoms with E-state index in [1.165, 1.54) is 19.2 Å². The van der Waals surface area contributed by atoms with Crippen LogP contribution in [0.1, 0.15) is 20.7 Å². The number of thiocarbonyl (C=S) groups is 1. The number of methoxy groups -OCH3 is 1. The molecule has 5 rings (SSSR count). The Hall–Kier alpha value is -4.21. The fraction of sp³-hybridized carbons (Fsp3) is 0.167. The summed E-state index contributed by atoms with van der Waals surface area (Å²) in [4.78, 5) is 29.7. The zero-order valence-corrected chi connectivity index (χ0v) is 23.2. The van der Waals surface area contributed by atoms with Crippen LogP contribution in [0.5, 0.6) is 5.75 Å². The second kappa shape index (κ2) is 11.9. The van der Waals surface area contributed by atoms with E-state index in [0.29, 0.717) is 48.2 Å². The Morgan fingerprint density at radius 1 is 0.900 bits per heavy atom. The van der Waals surface area contributed by atoms with Crippen LogP contribution < -0.4 is 20.3 Å². The Kier molecular flexibility index (Phi) is 8.14. The summed E-state index contributed by atoms with van der Waals surface area (Å²) in [7, 11) is 1.51. The number of carbonyl (C=O) groups excluding carboxylic acids is 2. The molecule has 1 aliphatic rings. The lowest BCUT2D eigenvalue weighted by Gasteiger charge is -2.37. The van der Waals surface area contributed by atoms with Gasteiger partial charge in [0.1, 0.15) is 11.6 Å². The zero-order valence-electron chi connectivity index (χ0n) is 21.6. The Bertz CT molecular complexity index is 1610. The van der Waals surface area contributed by atoms with E-state index in [1.807, 2.05) is 36.4 Å². The molecule has 40 heavy (non-hydrogen) atoms. The fourth-order valence-electron chi connectivity index (χ4n) is 4.73. The van der Waals surface area contributed by atoms with Crippen molar-refractivity contribution in [2.45, 2.75) is 0 Å². The second-order valence-electron chi connectivity index (χ2n) is 9.23. The Morgan fingerprint density at radius 2 is 1.57 bits per heavy atom. The molecule has 1 heterocycles. The number of ether oxygens (including phenoxy) is 1. The number of nitrogens with zero attached hydrogens (tertiary/aromatic N) is 2. The van der Waals surface area contributed by atoms with Gasteiger partial charge in [0, 0.05) is 31.2 Å². The van der Waals surface area contributed by atoms with Crippen molar-refractivity contribution in [2.24, 2.45) is 0 Å². The molecule has 2 N–H and O–H groups in total. The monoisotopic (exact) mass is 576 g/mol. The molecule has 10 heteroatoms. The first-order valence-corrected chi connectivity index (χ1v) is 13.4. The molecule has 1 aliphatic heterocycles. The summed E-state index contributed by atoms with van der Waals surface area (Å²) in [5, 5.41) is 8.26. The average Bonchev–Trinajstić information content (AvgIpc) is 2.96. The summed E-state index contributed by atoms with van der Waals surface area (Å²) in [6.45, 7) is 1.87. The average molecular weight is 577 g/mol. The number of anilines is 2. The smallest absolute Gasteiger partial charge is 0.261 e. The summed E-state index contributed by atoms with van der Waals surface area (Å²) in [5.74, 6) is -0.842. The van der Waals surface area contributed by atoms with Crippen molar-refractivity contribution in [3.63, 3.8) is 0 Å². The van der Waals surface area contributed by atoms with Crippen molar-refractivity contribution >= 4 is 62.9 Å². The highest BCUT2D eigenvalue weighted by atomic mass is 35.5. The highest BCUT2D eigenvalue weighted by molar-refractivity contribution is 7.80. The van der Waals surface area contributed by atoms with Crippen LogP contribution in [0.15, 0.2) is 78.9 Å². The molecular weight excluding hydrogens is 551 g/mol. The first-order valence-electron chi connectivity index (χ1n) is 12.6. The van der Waals surface area contributed by atoms with Crippen molar-refractivity contribution in [3.05, 3.63) is 101 Å². The second-order valence-corrected chi connectivity index (χ2v) is 10.1. The van der Waals surface area contributed by atoms with Gasteiger partial charge in [-0.15, -0.1) is 0 Å². The molecule has 0 aromatic heterocycles. The molecule has 0 spiro atoms. The van der Waals surface area contributed by atoms with Gasteiger partial charge in [0.15, 0.2) is 5.11 Å². The Morgan fingerprint density at radius 3 is 2.27 bits per heavy atom. The summed E-state index contributed by atoms with van der Waals surface area (Å²) in [5.41, 5.74) is 1.83. The van der Waals surface area contributed by atoms with E-state index in [9.17, 15) is 14.0 Å². The molecule has 1 saturated heterocycles. The van der Waals surface area contributed by atoms with Gasteiger partial charge in [-0.2, -0.15) is 0 Å². The standard InChI is InChI=1S/C30H26ClFN4O3S/c1-39-27-17-20-7-3-2-6-19(20)16-23(27)28(37)34-30(40)33-25-18-21(31)10-11-26(25)35-12-14-36(15-13-35)29(38)22-8-4-5-9-24(22)32/h2-11,16-18H,12-15H2,1H3,(H2,33,34,37,40). The van der Waals surface area contributed by atoms with Gasteiger partial charge >= 0.3 is 0 Å². The first kappa shape index (κ1) is 27.4. The van der Waals surface area contributed by atoms with Crippen LogP contribution in [0.4, 0.5) is 15.8 Å². The molecule has 4 aromatic rings. The highest BCUT2D eigenvalue weighted by Gasteiger charge is 2.25. The van der Waals surface area contributed by atoms with Crippen LogP contribution in [0.2, 0.25) is 5.02 Å². The van der Waals surface area contributed by atoms with Crippen molar-refractivity contribution in [1.82, 2.24) is 10.2 Å². The van der Waals surface area contributed by atoms with Gasteiger partial charge in [0.05, 0.1) is 29.6 Å². The largest absolute Gasteiger partial charge is 0.496 e. The minimum Gasteiger partial charge on any atom is -0.496 e. The third-order valence-corrected chi connectivity index (χ3v) is 7.20. The number of fused-ring (bicyclic) bond motifs is 1. The van der Waals surface area contributed by atoms with Gasteiger partial charge in [-0.05, 0) is 65.5 Å². The SMILES string of the molecule is COc1cc2ccccc2cc1C(=O)NC(=S)Nc1cc(Cl)ccc1N1CCN(C(=O)c2ccccc2F)CC1. The number of rotatable bonds is 5. The highest BCUT2D eigenvalue weighted by Crippen LogP contribution is 2.31. The van der Waals surface area contributed by atoms with E-state index < -0.39 is 11.7 Å². The first-order chi connectivity index (χ1) is 19.3. The molecule has 0 atom stereocenters. The quantitative estimate of drug-likeness (QED) is 0.296. The van der Waals surface area contributed by atoms with E-state index in [-0.39, 0.29) is 16.6 Å². The number of amides is 2. The van der Waals surface area contributed by atoms with E-state index in [1.54, 1.807) is 35.2 Å². The van der Waals surface area contributed by atoms with Gasteiger partial charge in [-0.3, -0.25) is 14.9 Å². The maximum absolute atomic E-state index is 14.1. The molecule has 0 aliphatic carbocycles. The Balaban J connectivity index is 1.28. The third-order valence-electron chi connectivity index (χ3n) is 6.76. The normalized spacial score (nSPS) is 13.2. The van der Waals surface area contributed by atoms with Crippen molar-refractivity contribution < 1.29 is 18.7 Å². The van der Waals surface area contributed by atoms with Crippen LogP contribution >= 0.6 is 23.8 Å². The molecule has 0 radical (unpaired) electrons. The van der Waals surface area contributed by atoms with E-state index >= 15 is 0 Å². The predicted octanol–water partition coefficient (Wildman–Crippen LogP) is 5.73. The minimum absolute atomic E-state index is 0.0638. The zero-order chi connectivity index (χ0) is 28.2. The van der Waals surface area contributed by atoms with Gasteiger partial charge in [0.2, 0.25) is 0 Å². The van der Waals surface area contributed by atoms with Crippen LogP contribution in [-0.4, -0.2) is 55.1 Å². The maximum Gasteiger partial charge on any atom is 0.261 e. The summed E-state index contributed by atoms with van der Waals surface area (Å²) >= 11 is 11.8. The van der Waals surface area contributed by atoms with Crippen molar-refractivity contribution in [2.75, 3.05) is 43.5 Å². The topological polar surface area (TPSA) is 73.9 Å².